The monoisotopic (exact) mass is 476 g/mol. The quantitative estimate of drug-likeness (QED) is 0.472. The lowest BCUT2D eigenvalue weighted by atomic mass is 10.1. The third-order valence-electron chi connectivity index (χ3n) is 5.45. The van der Waals surface area contributed by atoms with Crippen LogP contribution >= 0.6 is 23.2 Å². The van der Waals surface area contributed by atoms with Crippen LogP contribution < -0.4 is 5.32 Å². The van der Waals surface area contributed by atoms with E-state index in [1.54, 1.807) is 30.3 Å². The molecule has 168 valence electrons. The lowest BCUT2D eigenvalue weighted by molar-refractivity contribution is -0.125. The number of H-pyrrole nitrogens is 1. The number of hydrogen-bond donors (Lipinski definition) is 3. The SMILES string of the molecule is COC(=O)c1ccc2nc(CNC(=O)[C@@H]3C[C@@H](O)CN3Cc3ccc(Cl)cc3Cl)[nH]c2c1. The number of likely N-dealkylation sites (tertiary alicyclic amines) is 1. The van der Waals surface area contributed by atoms with Crippen molar-refractivity contribution in [3.63, 3.8) is 0 Å². The number of β-amino-alcohol motifs (C(OH)–C–C–N with tert-alkyl or cyclic N) is 1. The van der Waals surface area contributed by atoms with Gasteiger partial charge in [-0.2, -0.15) is 0 Å². The van der Waals surface area contributed by atoms with Gasteiger partial charge in [0, 0.05) is 23.1 Å². The molecule has 2 heterocycles. The van der Waals surface area contributed by atoms with Crippen LogP contribution in [0.25, 0.3) is 11.0 Å². The third kappa shape index (κ3) is 4.88. The van der Waals surface area contributed by atoms with E-state index < -0.39 is 18.1 Å². The maximum atomic E-state index is 12.9. The molecule has 1 amide bonds. The van der Waals surface area contributed by atoms with Gasteiger partial charge < -0.3 is 20.1 Å². The number of ether oxygens (including phenoxy) is 1. The fraction of sp³-hybridized carbons (Fsp3) is 0.318. The molecule has 0 unspecified atom stereocenters. The van der Waals surface area contributed by atoms with Crippen LogP contribution in [-0.2, 0) is 22.6 Å². The Morgan fingerprint density at radius 1 is 1.28 bits per heavy atom. The Balaban J connectivity index is 1.42. The number of aromatic nitrogens is 2. The summed E-state index contributed by atoms with van der Waals surface area (Å²) in [4.78, 5) is 34.0. The van der Waals surface area contributed by atoms with E-state index in [1.807, 2.05) is 11.0 Å². The van der Waals surface area contributed by atoms with Crippen LogP contribution in [-0.4, -0.2) is 57.7 Å². The van der Waals surface area contributed by atoms with Gasteiger partial charge >= 0.3 is 5.97 Å². The first-order chi connectivity index (χ1) is 15.3. The highest BCUT2D eigenvalue weighted by Crippen LogP contribution is 2.26. The van der Waals surface area contributed by atoms with Crippen molar-refractivity contribution in [2.45, 2.75) is 31.7 Å². The highest BCUT2D eigenvalue weighted by atomic mass is 35.5. The van der Waals surface area contributed by atoms with E-state index in [0.29, 0.717) is 52.0 Å². The van der Waals surface area contributed by atoms with Gasteiger partial charge in [0.25, 0.3) is 0 Å². The number of benzene rings is 2. The number of carbonyl (C=O) groups is 2. The molecule has 0 saturated carbocycles. The second-order valence-corrected chi connectivity index (χ2v) is 8.54. The molecule has 3 aromatic rings. The van der Waals surface area contributed by atoms with Crippen molar-refractivity contribution in [2.24, 2.45) is 0 Å². The van der Waals surface area contributed by atoms with Crippen LogP contribution in [0.15, 0.2) is 36.4 Å². The predicted molar refractivity (Wildman–Crippen MR) is 121 cm³/mol. The molecule has 0 spiro atoms. The van der Waals surface area contributed by atoms with Crippen LogP contribution in [0.4, 0.5) is 0 Å². The number of methoxy groups -OCH3 is 1. The molecular weight excluding hydrogens is 455 g/mol. The van der Waals surface area contributed by atoms with Crippen molar-refractivity contribution in [3.8, 4) is 0 Å². The Labute approximate surface area is 194 Å². The molecule has 2 aromatic carbocycles. The average Bonchev–Trinajstić information content (AvgIpc) is 3.35. The van der Waals surface area contributed by atoms with Crippen molar-refractivity contribution >= 4 is 46.1 Å². The van der Waals surface area contributed by atoms with Gasteiger partial charge in [0.05, 0.1) is 42.4 Å². The van der Waals surface area contributed by atoms with Crippen LogP contribution in [0.3, 0.4) is 0 Å². The summed E-state index contributed by atoms with van der Waals surface area (Å²) < 4.78 is 4.73. The van der Waals surface area contributed by atoms with Crippen molar-refractivity contribution in [1.29, 1.82) is 0 Å². The Bertz CT molecular complexity index is 1170. The molecule has 32 heavy (non-hydrogen) atoms. The number of hydrogen-bond acceptors (Lipinski definition) is 6. The van der Waals surface area contributed by atoms with Gasteiger partial charge in [-0.15, -0.1) is 0 Å². The molecule has 0 aliphatic carbocycles. The maximum Gasteiger partial charge on any atom is 0.337 e. The number of amides is 1. The first-order valence-electron chi connectivity index (χ1n) is 10.0. The average molecular weight is 477 g/mol. The molecule has 0 bridgehead atoms. The molecule has 1 saturated heterocycles. The Kier molecular flexibility index (Phi) is 6.66. The number of rotatable bonds is 6. The van der Waals surface area contributed by atoms with Gasteiger partial charge in [-0.1, -0.05) is 29.3 Å². The summed E-state index contributed by atoms with van der Waals surface area (Å²) in [6, 6.07) is 9.74. The van der Waals surface area contributed by atoms with E-state index in [2.05, 4.69) is 15.3 Å². The number of carbonyl (C=O) groups excluding carboxylic acids is 2. The van der Waals surface area contributed by atoms with Crippen LogP contribution in [0, 0.1) is 0 Å². The minimum atomic E-state index is -0.597. The molecule has 1 aliphatic heterocycles. The number of esters is 1. The fourth-order valence-corrected chi connectivity index (χ4v) is 4.34. The molecule has 1 aliphatic rings. The summed E-state index contributed by atoms with van der Waals surface area (Å²) >= 11 is 12.2. The third-order valence-corrected chi connectivity index (χ3v) is 6.04. The van der Waals surface area contributed by atoms with Gasteiger partial charge in [0.1, 0.15) is 5.82 Å². The Morgan fingerprint density at radius 2 is 2.09 bits per heavy atom. The minimum Gasteiger partial charge on any atom is -0.465 e. The van der Waals surface area contributed by atoms with E-state index in [0.717, 1.165) is 5.56 Å². The van der Waals surface area contributed by atoms with E-state index in [1.165, 1.54) is 7.11 Å². The van der Waals surface area contributed by atoms with Gasteiger partial charge in [-0.25, -0.2) is 9.78 Å². The summed E-state index contributed by atoms with van der Waals surface area (Å²) in [6.07, 6.45) is -0.264. The molecule has 2 atom stereocenters. The highest BCUT2D eigenvalue weighted by Gasteiger charge is 2.36. The summed E-state index contributed by atoms with van der Waals surface area (Å²) in [7, 11) is 1.32. The molecule has 3 N–H and O–H groups in total. The van der Waals surface area contributed by atoms with Crippen molar-refractivity contribution < 1.29 is 19.4 Å². The van der Waals surface area contributed by atoms with E-state index in [4.69, 9.17) is 27.9 Å². The van der Waals surface area contributed by atoms with Gasteiger partial charge in [-0.3, -0.25) is 9.69 Å². The first kappa shape index (κ1) is 22.5. The Morgan fingerprint density at radius 3 is 2.84 bits per heavy atom. The number of nitrogens with one attached hydrogen (secondary N) is 2. The van der Waals surface area contributed by atoms with Crippen LogP contribution in [0.5, 0.6) is 0 Å². The number of aliphatic hydroxyl groups excluding tert-OH is 1. The number of halogens is 2. The number of nitrogens with zero attached hydrogens (tertiary/aromatic N) is 2. The maximum absolute atomic E-state index is 12.9. The van der Waals surface area contributed by atoms with E-state index >= 15 is 0 Å². The zero-order chi connectivity index (χ0) is 22.8. The fourth-order valence-electron chi connectivity index (χ4n) is 3.88. The summed E-state index contributed by atoms with van der Waals surface area (Å²) in [5.74, 6) is -0.0828. The van der Waals surface area contributed by atoms with Crippen LogP contribution in [0.2, 0.25) is 10.0 Å². The second-order valence-electron chi connectivity index (χ2n) is 7.70. The molecular formula is C22H22Cl2N4O4. The van der Waals surface area contributed by atoms with Crippen molar-refractivity contribution in [1.82, 2.24) is 20.2 Å². The van der Waals surface area contributed by atoms with Crippen LogP contribution in [0.1, 0.15) is 28.2 Å². The molecule has 4 rings (SSSR count). The first-order valence-corrected chi connectivity index (χ1v) is 10.8. The predicted octanol–water partition coefficient (Wildman–Crippen LogP) is 2.91. The topological polar surface area (TPSA) is 108 Å². The minimum absolute atomic E-state index is 0.184. The Hall–Kier alpha value is -2.65. The molecule has 1 aromatic heterocycles. The summed E-state index contributed by atoms with van der Waals surface area (Å²) in [5, 5.41) is 14.1. The second kappa shape index (κ2) is 9.46. The lowest BCUT2D eigenvalue weighted by Crippen LogP contribution is -2.42. The zero-order valence-corrected chi connectivity index (χ0v) is 18.8. The number of imidazole rings is 1. The van der Waals surface area contributed by atoms with Crippen molar-refractivity contribution in [2.75, 3.05) is 13.7 Å². The van der Waals surface area contributed by atoms with Gasteiger partial charge in [0.2, 0.25) is 5.91 Å². The number of fused-ring (bicyclic) bond motifs is 1. The standard InChI is InChI=1S/C22H22Cl2N4O4/c1-32-22(31)12-3-5-17-18(6-12)27-20(26-17)9-25-21(30)19-8-15(29)11-28(19)10-13-2-4-14(23)7-16(13)24/h2-7,15,19,29H,8-11H2,1H3,(H,25,30)(H,26,27)/t15-,19+/m1/s1. The molecule has 8 nitrogen and oxygen atoms in total. The van der Waals surface area contributed by atoms with Gasteiger partial charge in [-0.05, 0) is 42.3 Å². The summed E-state index contributed by atoms with van der Waals surface area (Å²) in [6.45, 7) is 0.979. The molecule has 1 fully saturated rings. The number of aromatic amines is 1. The van der Waals surface area contributed by atoms with Gasteiger partial charge in [0.15, 0.2) is 0 Å². The van der Waals surface area contributed by atoms with E-state index in [9.17, 15) is 14.7 Å². The molecule has 0 radical (unpaired) electrons. The van der Waals surface area contributed by atoms with Crippen molar-refractivity contribution in [3.05, 3.63) is 63.4 Å². The largest absolute Gasteiger partial charge is 0.465 e. The zero-order valence-electron chi connectivity index (χ0n) is 17.3. The normalized spacial score (nSPS) is 18.8. The summed E-state index contributed by atoms with van der Waals surface area (Å²) in [5.41, 5.74) is 2.60. The molecule has 10 heteroatoms. The lowest BCUT2D eigenvalue weighted by Gasteiger charge is -2.23. The smallest absolute Gasteiger partial charge is 0.337 e. The van der Waals surface area contributed by atoms with E-state index in [-0.39, 0.29) is 12.5 Å². The number of aliphatic hydroxyl groups is 1. The highest BCUT2D eigenvalue weighted by molar-refractivity contribution is 6.35.